The zero-order valence-electron chi connectivity index (χ0n) is 17.2. The van der Waals surface area contributed by atoms with Crippen molar-refractivity contribution in [3.05, 3.63) is 82.2 Å². The standard InChI is InChI=1S/C23H23N3O3S2/c1-3-18-13-19(22(28)29-2)21(31-18)26-23(30)25-17-11-7-10-16(12-17)20(27)24-14-15-8-5-4-6-9-15/h4-13H,3,14H2,1-2H3,(H,24,27)(H2,25,26,30). The fourth-order valence-corrected chi connectivity index (χ4v) is 4.13. The summed E-state index contributed by atoms with van der Waals surface area (Å²) in [5.41, 5.74) is 2.65. The zero-order valence-corrected chi connectivity index (χ0v) is 18.9. The summed E-state index contributed by atoms with van der Waals surface area (Å²) in [4.78, 5) is 25.6. The lowest BCUT2D eigenvalue weighted by molar-refractivity contribution is 0.0602. The molecule has 0 spiro atoms. The number of aryl methyl sites for hydroxylation is 1. The predicted molar refractivity (Wildman–Crippen MR) is 129 cm³/mol. The molecule has 2 aromatic carbocycles. The second-order valence-electron chi connectivity index (χ2n) is 6.63. The van der Waals surface area contributed by atoms with Crippen LogP contribution in [0.1, 0.15) is 38.1 Å². The van der Waals surface area contributed by atoms with Crippen molar-refractivity contribution in [2.45, 2.75) is 19.9 Å². The Morgan fingerprint density at radius 3 is 2.52 bits per heavy atom. The van der Waals surface area contributed by atoms with Crippen LogP contribution in [-0.4, -0.2) is 24.1 Å². The fraction of sp³-hybridized carbons (Fsp3) is 0.174. The van der Waals surface area contributed by atoms with Crippen LogP contribution >= 0.6 is 23.6 Å². The molecule has 3 rings (SSSR count). The summed E-state index contributed by atoms with van der Waals surface area (Å²) in [5.74, 6) is -0.594. The monoisotopic (exact) mass is 453 g/mol. The van der Waals surface area contributed by atoms with Crippen LogP contribution in [-0.2, 0) is 17.7 Å². The molecule has 0 radical (unpaired) electrons. The van der Waals surface area contributed by atoms with E-state index in [9.17, 15) is 9.59 Å². The van der Waals surface area contributed by atoms with E-state index in [1.165, 1.54) is 18.4 Å². The number of carbonyl (C=O) groups excluding carboxylic acids is 2. The highest BCUT2D eigenvalue weighted by molar-refractivity contribution is 7.80. The van der Waals surface area contributed by atoms with Gasteiger partial charge in [0.25, 0.3) is 5.91 Å². The highest BCUT2D eigenvalue weighted by Gasteiger charge is 2.17. The van der Waals surface area contributed by atoms with Gasteiger partial charge in [0, 0.05) is 22.7 Å². The van der Waals surface area contributed by atoms with Gasteiger partial charge < -0.3 is 20.7 Å². The largest absolute Gasteiger partial charge is 0.465 e. The molecule has 1 amide bonds. The molecule has 6 nitrogen and oxygen atoms in total. The van der Waals surface area contributed by atoms with Gasteiger partial charge in [-0.3, -0.25) is 4.79 Å². The van der Waals surface area contributed by atoms with Gasteiger partial charge in [0.2, 0.25) is 0 Å². The van der Waals surface area contributed by atoms with E-state index in [1.54, 1.807) is 24.3 Å². The first-order chi connectivity index (χ1) is 15.0. The van der Waals surface area contributed by atoms with Gasteiger partial charge in [0.05, 0.1) is 12.7 Å². The average Bonchev–Trinajstić information content (AvgIpc) is 3.20. The van der Waals surface area contributed by atoms with E-state index in [0.29, 0.717) is 33.5 Å². The molecule has 0 aliphatic carbocycles. The topological polar surface area (TPSA) is 79.5 Å². The number of ether oxygens (including phenoxy) is 1. The SMILES string of the molecule is CCc1cc(C(=O)OC)c(NC(=S)Nc2cccc(C(=O)NCc3ccccc3)c2)s1. The van der Waals surface area contributed by atoms with Crippen molar-refractivity contribution in [2.75, 3.05) is 17.7 Å². The number of anilines is 2. The lowest BCUT2D eigenvalue weighted by atomic mass is 10.1. The minimum absolute atomic E-state index is 0.176. The molecule has 0 aliphatic heterocycles. The Morgan fingerprint density at radius 1 is 1.03 bits per heavy atom. The number of benzene rings is 2. The van der Waals surface area contributed by atoms with E-state index in [0.717, 1.165) is 16.9 Å². The van der Waals surface area contributed by atoms with Crippen molar-refractivity contribution in [1.29, 1.82) is 0 Å². The highest BCUT2D eigenvalue weighted by Crippen LogP contribution is 2.29. The lowest BCUT2D eigenvalue weighted by Gasteiger charge is -2.12. The molecule has 8 heteroatoms. The number of thiocarbonyl (C=S) groups is 1. The van der Waals surface area contributed by atoms with Gasteiger partial charge in [-0.25, -0.2) is 4.79 Å². The number of nitrogens with one attached hydrogen (secondary N) is 3. The van der Waals surface area contributed by atoms with E-state index in [2.05, 4.69) is 16.0 Å². The molecule has 31 heavy (non-hydrogen) atoms. The van der Waals surface area contributed by atoms with Crippen LogP contribution in [0.25, 0.3) is 0 Å². The van der Waals surface area contributed by atoms with Crippen LogP contribution < -0.4 is 16.0 Å². The number of methoxy groups -OCH3 is 1. The van der Waals surface area contributed by atoms with Crippen LogP contribution in [0.3, 0.4) is 0 Å². The van der Waals surface area contributed by atoms with Crippen molar-refractivity contribution >= 4 is 51.2 Å². The molecule has 0 atom stereocenters. The first-order valence-corrected chi connectivity index (χ1v) is 10.9. The van der Waals surface area contributed by atoms with Gasteiger partial charge in [-0.15, -0.1) is 11.3 Å². The van der Waals surface area contributed by atoms with E-state index in [1.807, 2.05) is 43.3 Å². The van der Waals surface area contributed by atoms with Gasteiger partial charge in [-0.05, 0) is 48.5 Å². The van der Waals surface area contributed by atoms with Gasteiger partial charge in [0.15, 0.2) is 5.11 Å². The summed E-state index contributed by atoms with van der Waals surface area (Å²) in [7, 11) is 1.35. The number of hydrogen-bond acceptors (Lipinski definition) is 5. The Kier molecular flexibility index (Phi) is 7.75. The molecule has 0 saturated heterocycles. The molecule has 1 aromatic heterocycles. The van der Waals surface area contributed by atoms with Gasteiger partial charge in [-0.2, -0.15) is 0 Å². The second-order valence-corrected chi connectivity index (χ2v) is 8.17. The van der Waals surface area contributed by atoms with Crippen LogP contribution in [0.15, 0.2) is 60.7 Å². The summed E-state index contributed by atoms with van der Waals surface area (Å²) >= 11 is 6.85. The van der Waals surface area contributed by atoms with E-state index in [4.69, 9.17) is 17.0 Å². The summed E-state index contributed by atoms with van der Waals surface area (Å²) < 4.78 is 4.85. The summed E-state index contributed by atoms with van der Waals surface area (Å²) in [6, 6.07) is 18.6. The maximum atomic E-state index is 12.5. The summed E-state index contributed by atoms with van der Waals surface area (Å²) in [6.07, 6.45) is 0.802. The Bertz CT molecular complexity index is 1080. The number of thiophene rings is 1. The molecule has 0 fully saturated rings. The second kappa shape index (κ2) is 10.7. The van der Waals surface area contributed by atoms with E-state index < -0.39 is 5.97 Å². The van der Waals surface area contributed by atoms with Crippen molar-refractivity contribution in [3.8, 4) is 0 Å². The average molecular weight is 454 g/mol. The van der Waals surface area contributed by atoms with E-state index >= 15 is 0 Å². The number of amides is 1. The van der Waals surface area contributed by atoms with Gasteiger partial charge >= 0.3 is 5.97 Å². The Hall–Kier alpha value is -3.23. The molecule has 0 aliphatic rings. The minimum atomic E-state index is -0.418. The van der Waals surface area contributed by atoms with Crippen LogP contribution in [0.5, 0.6) is 0 Å². The summed E-state index contributed by atoms with van der Waals surface area (Å²) in [5, 5.41) is 9.97. The Morgan fingerprint density at radius 2 is 1.81 bits per heavy atom. The molecule has 3 aromatic rings. The smallest absolute Gasteiger partial charge is 0.340 e. The molecular weight excluding hydrogens is 430 g/mol. The van der Waals surface area contributed by atoms with Gasteiger partial charge in [-0.1, -0.05) is 43.3 Å². The molecule has 0 bridgehead atoms. The summed E-state index contributed by atoms with van der Waals surface area (Å²) in [6.45, 7) is 2.47. The third kappa shape index (κ3) is 6.13. The molecule has 1 heterocycles. The van der Waals surface area contributed by atoms with Crippen molar-refractivity contribution < 1.29 is 14.3 Å². The zero-order chi connectivity index (χ0) is 22.2. The predicted octanol–water partition coefficient (Wildman–Crippen LogP) is 4.84. The van der Waals surface area contributed by atoms with Crippen molar-refractivity contribution in [2.24, 2.45) is 0 Å². The van der Waals surface area contributed by atoms with Crippen LogP contribution in [0.2, 0.25) is 0 Å². The third-order valence-electron chi connectivity index (χ3n) is 4.44. The van der Waals surface area contributed by atoms with E-state index in [-0.39, 0.29) is 5.91 Å². The third-order valence-corrected chi connectivity index (χ3v) is 5.84. The quantitative estimate of drug-likeness (QED) is 0.351. The Balaban J connectivity index is 1.64. The molecular formula is C23H23N3O3S2. The maximum Gasteiger partial charge on any atom is 0.340 e. The Labute approximate surface area is 190 Å². The van der Waals surface area contributed by atoms with Crippen LogP contribution in [0.4, 0.5) is 10.7 Å². The number of hydrogen-bond donors (Lipinski definition) is 3. The first kappa shape index (κ1) is 22.5. The fourth-order valence-electron chi connectivity index (χ4n) is 2.85. The molecule has 0 unspecified atom stereocenters. The first-order valence-electron chi connectivity index (χ1n) is 9.71. The minimum Gasteiger partial charge on any atom is -0.465 e. The molecule has 160 valence electrons. The normalized spacial score (nSPS) is 10.3. The number of carbonyl (C=O) groups is 2. The highest BCUT2D eigenvalue weighted by atomic mass is 32.1. The maximum absolute atomic E-state index is 12.5. The molecule has 3 N–H and O–H groups in total. The number of esters is 1. The van der Waals surface area contributed by atoms with Crippen molar-refractivity contribution in [3.63, 3.8) is 0 Å². The van der Waals surface area contributed by atoms with Crippen LogP contribution in [0, 0.1) is 0 Å². The lowest BCUT2D eigenvalue weighted by Crippen LogP contribution is -2.23. The van der Waals surface area contributed by atoms with Crippen molar-refractivity contribution in [1.82, 2.24) is 5.32 Å². The molecule has 0 saturated carbocycles. The van der Waals surface area contributed by atoms with Gasteiger partial charge in [0.1, 0.15) is 5.00 Å². The number of rotatable bonds is 7.